The van der Waals surface area contributed by atoms with Gasteiger partial charge in [-0.05, 0) is 37.8 Å². The van der Waals surface area contributed by atoms with Gasteiger partial charge in [-0.1, -0.05) is 25.7 Å². The molecule has 1 aliphatic heterocycles. The van der Waals surface area contributed by atoms with Crippen molar-refractivity contribution in [1.82, 2.24) is 14.9 Å². The van der Waals surface area contributed by atoms with Crippen LogP contribution in [0.2, 0.25) is 0 Å². The molecular formula is C19H29N3O5S. The van der Waals surface area contributed by atoms with Crippen molar-refractivity contribution in [1.29, 1.82) is 0 Å². The van der Waals surface area contributed by atoms with Crippen LogP contribution in [0.1, 0.15) is 61.9 Å². The third kappa shape index (κ3) is 5.14. The minimum atomic E-state index is -3.69. The Labute approximate surface area is 166 Å². The van der Waals surface area contributed by atoms with E-state index in [1.54, 1.807) is 0 Å². The lowest BCUT2D eigenvalue weighted by molar-refractivity contribution is -0.125. The molecule has 0 bridgehead atoms. The summed E-state index contributed by atoms with van der Waals surface area (Å²) in [6, 6.07) is 2.69. The van der Waals surface area contributed by atoms with Gasteiger partial charge in [-0.3, -0.25) is 9.59 Å². The Morgan fingerprint density at radius 1 is 0.964 bits per heavy atom. The second kappa shape index (κ2) is 9.56. The van der Waals surface area contributed by atoms with Gasteiger partial charge in [0.05, 0.1) is 0 Å². The summed E-state index contributed by atoms with van der Waals surface area (Å²) < 4.78 is 31.8. The molecule has 0 radical (unpaired) electrons. The molecule has 28 heavy (non-hydrogen) atoms. The zero-order chi connectivity index (χ0) is 20.0. The van der Waals surface area contributed by atoms with Gasteiger partial charge in [0, 0.05) is 32.1 Å². The van der Waals surface area contributed by atoms with Crippen molar-refractivity contribution in [2.45, 2.75) is 56.5 Å². The highest BCUT2D eigenvalue weighted by Gasteiger charge is 2.29. The van der Waals surface area contributed by atoms with Gasteiger partial charge >= 0.3 is 0 Å². The number of carbonyl (C=O) groups excluding carboxylic acids is 2. The number of carbonyl (C=O) groups is 2. The molecule has 2 heterocycles. The maximum atomic E-state index is 12.6. The van der Waals surface area contributed by atoms with E-state index in [0.717, 1.165) is 44.9 Å². The molecule has 1 saturated heterocycles. The molecule has 0 unspecified atom stereocenters. The van der Waals surface area contributed by atoms with Gasteiger partial charge in [0.2, 0.25) is 11.0 Å². The Balaban J connectivity index is 1.45. The van der Waals surface area contributed by atoms with E-state index in [0.29, 0.717) is 19.6 Å². The fraction of sp³-hybridized carbons (Fsp3) is 0.684. The molecule has 8 nitrogen and oxygen atoms in total. The number of nitrogens with zero attached hydrogens (tertiary/aromatic N) is 1. The maximum Gasteiger partial charge on any atom is 0.287 e. The first-order chi connectivity index (χ1) is 13.5. The molecule has 1 saturated carbocycles. The smallest absolute Gasteiger partial charge is 0.287 e. The fourth-order valence-electron chi connectivity index (χ4n) is 3.77. The van der Waals surface area contributed by atoms with Crippen LogP contribution in [0, 0.1) is 5.92 Å². The van der Waals surface area contributed by atoms with E-state index in [-0.39, 0.29) is 29.2 Å². The van der Waals surface area contributed by atoms with Crippen LogP contribution in [-0.2, 0) is 14.8 Å². The summed E-state index contributed by atoms with van der Waals surface area (Å²) in [7, 11) is -3.69. The SMILES string of the molecule is O=C(NCCNC(=O)C1CCCCC1)c1ccc(S(=O)(=O)N2CCCCC2)o1. The van der Waals surface area contributed by atoms with E-state index in [9.17, 15) is 18.0 Å². The van der Waals surface area contributed by atoms with Crippen molar-refractivity contribution in [2.24, 2.45) is 5.92 Å². The first-order valence-corrected chi connectivity index (χ1v) is 11.6. The molecule has 0 atom stereocenters. The fourth-order valence-corrected chi connectivity index (χ4v) is 5.20. The highest BCUT2D eigenvalue weighted by molar-refractivity contribution is 7.89. The third-order valence-electron chi connectivity index (χ3n) is 5.40. The molecule has 3 rings (SSSR count). The van der Waals surface area contributed by atoms with E-state index in [4.69, 9.17) is 4.42 Å². The second-order valence-corrected chi connectivity index (χ2v) is 9.33. The molecule has 1 aromatic heterocycles. The second-order valence-electron chi connectivity index (χ2n) is 7.47. The van der Waals surface area contributed by atoms with Crippen molar-refractivity contribution in [3.05, 3.63) is 17.9 Å². The van der Waals surface area contributed by atoms with Crippen molar-refractivity contribution in [3.8, 4) is 0 Å². The van der Waals surface area contributed by atoms with Gasteiger partial charge in [0.15, 0.2) is 5.76 Å². The monoisotopic (exact) mass is 411 g/mol. The number of hydrogen-bond acceptors (Lipinski definition) is 5. The van der Waals surface area contributed by atoms with Crippen LogP contribution in [-0.4, -0.2) is 50.7 Å². The summed E-state index contributed by atoms with van der Waals surface area (Å²) >= 11 is 0. The van der Waals surface area contributed by atoms with Crippen molar-refractivity contribution in [2.75, 3.05) is 26.2 Å². The number of piperidine rings is 1. The van der Waals surface area contributed by atoms with Crippen LogP contribution in [0.4, 0.5) is 0 Å². The van der Waals surface area contributed by atoms with Crippen LogP contribution >= 0.6 is 0 Å². The number of furan rings is 1. The first-order valence-electron chi connectivity index (χ1n) is 10.1. The average molecular weight is 412 g/mol. The maximum absolute atomic E-state index is 12.6. The molecule has 2 amide bonds. The van der Waals surface area contributed by atoms with Crippen molar-refractivity contribution >= 4 is 21.8 Å². The summed E-state index contributed by atoms with van der Waals surface area (Å²) in [6.45, 7) is 1.55. The molecule has 0 spiro atoms. The summed E-state index contributed by atoms with van der Waals surface area (Å²) in [5, 5.41) is 5.29. The van der Waals surface area contributed by atoms with E-state index < -0.39 is 15.9 Å². The lowest BCUT2D eigenvalue weighted by atomic mass is 9.89. The van der Waals surface area contributed by atoms with Crippen LogP contribution in [0.25, 0.3) is 0 Å². The van der Waals surface area contributed by atoms with Gasteiger partial charge in [-0.2, -0.15) is 4.31 Å². The minimum Gasteiger partial charge on any atom is -0.438 e. The zero-order valence-corrected chi connectivity index (χ0v) is 16.9. The number of amides is 2. The molecule has 2 N–H and O–H groups in total. The summed E-state index contributed by atoms with van der Waals surface area (Å²) in [4.78, 5) is 24.2. The lowest BCUT2D eigenvalue weighted by Crippen LogP contribution is -2.38. The molecule has 2 fully saturated rings. The minimum absolute atomic E-state index is 0.0434. The average Bonchev–Trinajstić information content (AvgIpc) is 3.23. The number of hydrogen-bond donors (Lipinski definition) is 2. The highest BCUT2D eigenvalue weighted by Crippen LogP contribution is 2.24. The van der Waals surface area contributed by atoms with Gasteiger partial charge in [-0.15, -0.1) is 0 Å². The Bertz CT molecular complexity index is 777. The standard InChI is InChI=1S/C19H29N3O5S/c23-18(15-7-3-1-4-8-15)20-11-12-21-19(24)16-9-10-17(27-16)28(25,26)22-13-5-2-6-14-22/h9-10,15H,1-8,11-14H2,(H,20,23)(H,21,24). The number of rotatable bonds is 7. The van der Waals surface area contributed by atoms with Gasteiger partial charge in [0.1, 0.15) is 0 Å². The quantitative estimate of drug-likeness (QED) is 0.666. The van der Waals surface area contributed by atoms with E-state index >= 15 is 0 Å². The molecule has 9 heteroatoms. The van der Waals surface area contributed by atoms with Crippen LogP contribution in [0.5, 0.6) is 0 Å². The first kappa shape index (κ1) is 20.9. The van der Waals surface area contributed by atoms with Crippen molar-refractivity contribution < 1.29 is 22.4 Å². The normalized spacial score (nSPS) is 19.3. The predicted molar refractivity (Wildman–Crippen MR) is 103 cm³/mol. The number of nitrogens with one attached hydrogen (secondary N) is 2. The molecule has 0 aromatic carbocycles. The topological polar surface area (TPSA) is 109 Å². The number of sulfonamides is 1. The zero-order valence-electron chi connectivity index (χ0n) is 16.1. The summed E-state index contributed by atoms with van der Waals surface area (Å²) in [6.07, 6.45) is 7.93. The van der Waals surface area contributed by atoms with Crippen LogP contribution < -0.4 is 10.6 Å². The van der Waals surface area contributed by atoms with E-state index in [2.05, 4.69) is 10.6 Å². The van der Waals surface area contributed by atoms with Gasteiger partial charge in [-0.25, -0.2) is 8.42 Å². The Morgan fingerprint density at radius 3 is 2.32 bits per heavy atom. The highest BCUT2D eigenvalue weighted by atomic mass is 32.2. The van der Waals surface area contributed by atoms with Crippen molar-refractivity contribution in [3.63, 3.8) is 0 Å². The molecule has 156 valence electrons. The van der Waals surface area contributed by atoms with Crippen LogP contribution in [0.3, 0.4) is 0 Å². The largest absolute Gasteiger partial charge is 0.438 e. The van der Waals surface area contributed by atoms with E-state index in [1.807, 2.05) is 0 Å². The summed E-state index contributed by atoms with van der Waals surface area (Å²) in [5.41, 5.74) is 0. The molecule has 2 aliphatic rings. The Morgan fingerprint density at radius 2 is 1.61 bits per heavy atom. The van der Waals surface area contributed by atoms with Gasteiger partial charge < -0.3 is 15.1 Å². The molecular weight excluding hydrogens is 382 g/mol. The van der Waals surface area contributed by atoms with Gasteiger partial charge in [0.25, 0.3) is 15.9 Å². The lowest BCUT2D eigenvalue weighted by Gasteiger charge is -2.24. The summed E-state index contributed by atoms with van der Waals surface area (Å²) in [5.74, 6) is -0.417. The predicted octanol–water partition coefficient (Wildman–Crippen LogP) is 1.88. The molecule has 1 aromatic rings. The van der Waals surface area contributed by atoms with E-state index in [1.165, 1.54) is 22.9 Å². The van der Waals surface area contributed by atoms with Crippen LogP contribution in [0.15, 0.2) is 21.6 Å². The third-order valence-corrected chi connectivity index (χ3v) is 7.17. The Hall–Kier alpha value is -1.87. The molecule has 1 aliphatic carbocycles. The Kier molecular flexibility index (Phi) is 7.12.